The van der Waals surface area contributed by atoms with Gasteiger partial charge in [-0.1, -0.05) is 11.3 Å². The lowest BCUT2D eigenvalue weighted by atomic mass is 10.5. The largest absolute Gasteiger partial charge is 0.347 e. The van der Waals surface area contributed by atoms with Gasteiger partial charge in [0.15, 0.2) is 3.92 Å². The summed E-state index contributed by atoms with van der Waals surface area (Å²) < 4.78 is 0.719. The van der Waals surface area contributed by atoms with Crippen LogP contribution in [0.5, 0.6) is 0 Å². The Labute approximate surface area is 94.9 Å². The van der Waals surface area contributed by atoms with Crippen LogP contribution in [0.2, 0.25) is 0 Å². The molecular formula is C7H11BrN4OS. The van der Waals surface area contributed by atoms with Crippen molar-refractivity contribution in [2.45, 2.75) is 0 Å². The van der Waals surface area contributed by atoms with Gasteiger partial charge < -0.3 is 9.80 Å². The third kappa shape index (κ3) is 2.91. The van der Waals surface area contributed by atoms with E-state index >= 15 is 0 Å². The highest BCUT2D eigenvalue weighted by Crippen LogP contribution is 2.22. The zero-order valence-corrected chi connectivity index (χ0v) is 10.6. The molecule has 5 nitrogen and oxygen atoms in total. The summed E-state index contributed by atoms with van der Waals surface area (Å²) in [6.45, 7) is 0.314. The van der Waals surface area contributed by atoms with Crippen molar-refractivity contribution in [2.24, 2.45) is 0 Å². The first kappa shape index (κ1) is 11.4. The van der Waals surface area contributed by atoms with Crippen LogP contribution in [-0.2, 0) is 4.79 Å². The number of aromatic nitrogens is 2. The Balaban J connectivity index is 2.59. The first-order valence-corrected chi connectivity index (χ1v) is 5.52. The highest BCUT2D eigenvalue weighted by molar-refractivity contribution is 9.11. The van der Waals surface area contributed by atoms with E-state index in [9.17, 15) is 4.79 Å². The molecule has 1 heterocycles. The monoisotopic (exact) mass is 278 g/mol. The molecule has 1 amide bonds. The lowest BCUT2D eigenvalue weighted by Gasteiger charge is -2.17. The average Bonchev–Trinajstić information content (AvgIpc) is 2.51. The molecule has 1 aromatic rings. The van der Waals surface area contributed by atoms with Crippen molar-refractivity contribution in [1.82, 2.24) is 15.1 Å². The normalized spacial score (nSPS) is 10.0. The average molecular weight is 279 g/mol. The van der Waals surface area contributed by atoms with Crippen LogP contribution in [0.4, 0.5) is 5.13 Å². The minimum Gasteiger partial charge on any atom is -0.347 e. The van der Waals surface area contributed by atoms with Crippen molar-refractivity contribution >= 4 is 38.3 Å². The molecule has 1 aromatic heterocycles. The van der Waals surface area contributed by atoms with Crippen molar-refractivity contribution < 1.29 is 4.79 Å². The SMILES string of the molecule is CN(C)C(=O)CN(C)c1nnc(Br)s1. The Hall–Kier alpha value is -0.690. The van der Waals surface area contributed by atoms with E-state index in [-0.39, 0.29) is 5.91 Å². The highest BCUT2D eigenvalue weighted by atomic mass is 79.9. The molecule has 0 spiro atoms. The third-order valence-corrected chi connectivity index (χ3v) is 3.06. The lowest BCUT2D eigenvalue weighted by molar-refractivity contribution is -0.127. The van der Waals surface area contributed by atoms with Gasteiger partial charge in [-0.2, -0.15) is 0 Å². The fraction of sp³-hybridized carbons (Fsp3) is 0.571. The molecule has 7 heteroatoms. The predicted molar refractivity (Wildman–Crippen MR) is 59.6 cm³/mol. The molecule has 0 aliphatic rings. The van der Waals surface area contributed by atoms with Gasteiger partial charge in [0.1, 0.15) is 0 Å². The standard InChI is InChI=1S/C7H11BrN4OS/c1-11(2)5(13)4-12(3)7-10-9-6(8)14-7/h4H2,1-3H3. The lowest BCUT2D eigenvalue weighted by Crippen LogP contribution is -2.34. The summed E-state index contributed by atoms with van der Waals surface area (Å²) in [6, 6.07) is 0. The van der Waals surface area contributed by atoms with Gasteiger partial charge in [-0.05, 0) is 15.9 Å². The van der Waals surface area contributed by atoms with Crippen LogP contribution in [-0.4, -0.2) is 48.7 Å². The van der Waals surface area contributed by atoms with E-state index in [2.05, 4.69) is 26.1 Å². The first-order chi connectivity index (χ1) is 6.50. The number of hydrogen-bond donors (Lipinski definition) is 0. The van der Waals surface area contributed by atoms with E-state index in [1.165, 1.54) is 11.3 Å². The van der Waals surface area contributed by atoms with Gasteiger partial charge in [0, 0.05) is 21.1 Å². The second-order valence-electron chi connectivity index (χ2n) is 2.98. The number of carbonyl (C=O) groups excluding carboxylic acids is 1. The fourth-order valence-electron chi connectivity index (χ4n) is 0.764. The van der Waals surface area contributed by atoms with Crippen molar-refractivity contribution in [3.05, 3.63) is 3.92 Å². The molecule has 0 aliphatic carbocycles. The Kier molecular flexibility index (Phi) is 3.82. The van der Waals surface area contributed by atoms with Gasteiger partial charge in [0.2, 0.25) is 11.0 Å². The van der Waals surface area contributed by atoms with Gasteiger partial charge in [-0.25, -0.2) is 0 Å². The number of anilines is 1. The number of hydrogen-bond acceptors (Lipinski definition) is 5. The first-order valence-electron chi connectivity index (χ1n) is 3.91. The summed E-state index contributed by atoms with van der Waals surface area (Å²) in [5.74, 6) is 0.0406. The van der Waals surface area contributed by atoms with Crippen LogP contribution in [0.15, 0.2) is 3.92 Å². The molecule has 0 unspecified atom stereocenters. The Morgan fingerprint density at radius 2 is 2.07 bits per heavy atom. The zero-order valence-electron chi connectivity index (χ0n) is 8.19. The molecule has 0 radical (unpaired) electrons. The van der Waals surface area contributed by atoms with Gasteiger partial charge in [-0.3, -0.25) is 4.79 Å². The van der Waals surface area contributed by atoms with Gasteiger partial charge >= 0.3 is 0 Å². The van der Waals surface area contributed by atoms with Crippen molar-refractivity contribution in [3.8, 4) is 0 Å². The van der Waals surface area contributed by atoms with Gasteiger partial charge in [-0.15, -0.1) is 10.2 Å². The van der Waals surface area contributed by atoms with Crippen LogP contribution >= 0.6 is 27.3 Å². The van der Waals surface area contributed by atoms with Crippen LogP contribution in [0, 0.1) is 0 Å². The fourth-order valence-corrected chi connectivity index (χ4v) is 1.81. The summed E-state index contributed by atoms with van der Waals surface area (Å²) in [5.41, 5.74) is 0. The van der Waals surface area contributed by atoms with Gasteiger partial charge in [0.05, 0.1) is 6.54 Å². The van der Waals surface area contributed by atoms with E-state index in [1.807, 2.05) is 7.05 Å². The Morgan fingerprint density at radius 3 is 2.50 bits per heavy atom. The molecular weight excluding hydrogens is 268 g/mol. The molecule has 0 fully saturated rings. The molecule has 78 valence electrons. The van der Waals surface area contributed by atoms with Gasteiger partial charge in [0.25, 0.3) is 0 Å². The van der Waals surface area contributed by atoms with Crippen LogP contribution in [0.1, 0.15) is 0 Å². The van der Waals surface area contributed by atoms with Crippen LogP contribution in [0.3, 0.4) is 0 Å². The number of likely N-dealkylation sites (N-methyl/N-ethyl adjacent to an activating group) is 2. The van der Waals surface area contributed by atoms with Crippen LogP contribution in [0.25, 0.3) is 0 Å². The minimum absolute atomic E-state index is 0.0406. The topological polar surface area (TPSA) is 49.3 Å². The number of carbonyl (C=O) groups is 1. The number of rotatable bonds is 3. The molecule has 0 bridgehead atoms. The van der Waals surface area contributed by atoms with Crippen LogP contribution < -0.4 is 4.90 Å². The zero-order chi connectivity index (χ0) is 10.7. The van der Waals surface area contributed by atoms with E-state index in [4.69, 9.17) is 0 Å². The quantitative estimate of drug-likeness (QED) is 0.822. The number of amides is 1. The molecule has 0 aromatic carbocycles. The highest BCUT2D eigenvalue weighted by Gasteiger charge is 2.12. The third-order valence-electron chi connectivity index (χ3n) is 1.59. The second kappa shape index (κ2) is 4.70. The van der Waals surface area contributed by atoms with E-state index in [0.29, 0.717) is 6.54 Å². The number of halogens is 1. The second-order valence-corrected chi connectivity index (χ2v) is 5.21. The molecule has 0 atom stereocenters. The number of nitrogens with zero attached hydrogens (tertiary/aromatic N) is 4. The Bertz CT molecular complexity index is 327. The smallest absolute Gasteiger partial charge is 0.241 e. The van der Waals surface area contributed by atoms with E-state index in [0.717, 1.165) is 9.05 Å². The van der Waals surface area contributed by atoms with E-state index in [1.54, 1.807) is 23.9 Å². The minimum atomic E-state index is 0.0406. The van der Waals surface area contributed by atoms with Crippen molar-refractivity contribution in [3.63, 3.8) is 0 Å². The van der Waals surface area contributed by atoms with Crippen molar-refractivity contribution in [2.75, 3.05) is 32.6 Å². The maximum absolute atomic E-state index is 11.4. The molecule has 1 rings (SSSR count). The summed E-state index contributed by atoms with van der Waals surface area (Å²) in [5, 5.41) is 8.44. The molecule has 0 N–H and O–H groups in total. The molecule has 14 heavy (non-hydrogen) atoms. The molecule has 0 saturated heterocycles. The van der Waals surface area contributed by atoms with E-state index < -0.39 is 0 Å². The summed E-state index contributed by atoms with van der Waals surface area (Å²) >= 11 is 4.62. The summed E-state index contributed by atoms with van der Waals surface area (Å²) in [4.78, 5) is 14.7. The molecule has 0 saturated carbocycles. The maximum atomic E-state index is 11.4. The summed E-state index contributed by atoms with van der Waals surface area (Å²) in [7, 11) is 5.27. The predicted octanol–water partition coefficient (Wildman–Crippen LogP) is 0.825. The summed E-state index contributed by atoms with van der Waals surface area (Å²) in [6.07, 6.45) is 0. The maximum Gasteiger partial charge on any atom is 0.241 e. The Morgan fingerprint density at radius 1 is 1.43 bits per heavy atom. The van der Waals surface area contributed by atoms with Crippen molar-refractivity contribution in [1.29, 1.82) is 0 Å². The molecule has 0 aliphatic heterocycles.